The van der Waals surface area contributed by atoms with Gasteiger partial charge in [-0.3, -0.25) is 4.79 Å². The number of halogens is 1. The number of hydrazone groups is 1. The van der Waals surface area contributed by atoms with Crippen molar-refractivity contribution in [1.82, 2.24) is 30.7 Å². The van der Waals surface area contributed by atoms with Crippen molar-refractivity contribution in [1.29, 1.82) is 0 Å². The maximum absolute atomic E-state index is 12.9. The number of benzene rings is 2. The summed E-state index contributed by atoms with van der Waals surface area (Å²) in [6.07, 6.45) is 1.25. The van der Waals surface area contributed by atoms with E-state index in [1.807, 2.05) is 6.92 Å². The first-order valence-electron chi connectivity index (χ1n) is 9.57. The molecule has 0 bridgehead atoms. The summed E-state index contributed by atoms with van der Waals surface area (Å²) in [5.41, 5.74) is 9.27. The van der Waals surface area contributed by atoms with Gasteiger partial charge in [-0.05, 0) is 59.7 Å². The average Bonchev–Trinajstić information content (AvgIpc) is 3.43. The van der Waals surface area contributed by atoms with Crippen LogP contribution in [-0.4, -0.2) is 49.1 Å². The van der Waals surface area contributed by atoms with Gasteiger partial charge in [-0.25, -0.2) is 10.1 Å². The van der Waals surface area contributed by atoms with Crippen molar-refractivity contribution in [3.05, 3.63) is 58.7 Å². The predicted molar refractivity (Wildman–Crippen MR) is 118 cm³/mol. The van der Waals surface area contributed by atoms with Crippen LogP contribution in [0.1, 0.15) is 23.0 Å². The van der Waals surface area contributed by atoms with Crippen LogP contribution in [0.4, 0.5) is 5.82 Å². The summed E-state index contributed by atoms with van der Waals surface area (Å²) in [5.74, 6) is -0.0311. The van der Waals surface area contributed by atoms with Crippen LogP contribution < -0.4 is 15.9 Å². The van der Waals surface area contributed by atoms with Gasteiger partial charge in [-0.15, -0.1) is 5.10 Å². The fourth-order valence-electron chi connectivity index (χ4n) is 2.90. The first-order chi connectivity index (χ1) is 16.0. The number of aromatic hydroxyl groups is 1. The molecule has 0 atom stereocenters. The van der Waals surface area contributed by atoms with Crippen LogP contribution in [0.2, 0.25) is 5.02 Å². The number of nitrogen functional groups attached to an aromatic ring is 1. The summed E-state index contributed by atoms with van der Waals surface area (Å²) in [6, 6.07) is 11.4. The van der Waals surface area contributed by atoms with Crippen LogP contribution in [0.15, 0.2) is 52.2 Å². The molecule has 2 aromatic heterocycles. The van der Waals surface area contributed by atoms with E-state index in [2.05, 4.69) is 35.8 Å². The number of carbonyl (C=O) groups is 1. The second kappa shape index (κ2) is 9.36. The number of nitrogens with one attached hydrogen (secondary N) is 1. The third-order valence-corrected chi connectivity index (χ3v) is 4.61. The van der Waals surface area contributed by atoms with Crippen LogP contribution in [0.5, 0.6) is 11.5 Å². The zero-order valence-corrected chi connectivity index (χ0v) is 17.9. The SMILES string of the molecule is CCOc1ccc(-c2c(C(=O)NN=Cc3cc(Cl)ccc3O)nnn2-c2nonc2N)cc1. The molecule has 2 aromatic carbocycles. The molecular weight excluding hydrogens is 452 g/mol. The monoisotopic (exact) mass is 468 g/mol. The van der Waals surface area contributed by atoms with Crippen molar-refractivity contribution in [3.8, 4) is 28.6 Å². The molecule has 33 heavy (non-hydrogen) atoms. The first kappa shape index (κ1) is 21.8. The number of anilines is 1. The van der Waals surface area contributed by atoms with E-state index in [0.29, 0.717) is 28.5 Å². The fourth-order valence-corrected chi connectivity index (χ4v) is 3.08. The maximum atomic E-state index is 12.9. The number of hydrogen-bond acceptors (Lipinski definition) is 10. The second-order valence-corrected chi connectivity index (χ2v) is 6.97. The predicted octanol–water partition coefficient (Wildman–Crippen LogP) is 2.42. The number of ether oxygens (including phenoxy) is 1. The maximum Gasteiger partial charge on any atom is 0.294 e. The van der Waals surface area contributed by atoms with Gasteiger partial charge in [0.2, 0.25) is 11.6 Å². The Morgan fingerprint density at radius 1 is 1.30 bits per heavy atom. The zero-order chi connectivity index (χ0) is 23.4. The van der Waals surface area contributed by atoms with E-state index < -0.39 is 5.91 Å². The molecule has 0 radical (unpaired) electrons. The number of amides is 1. The minimum atomic E-state index is -0.669. The van der Waals surface area contributed by atoms with Crippen LogP contribution >= 0.6 is 11.6 Å². The van der Waals surface area contributed by atoms with Gasteiger partial charge in [0.05, 0.1) is 12.8 Å². The van der Waals surface area contributed by atoms with Gasteiger partial charge in [0.25, 0.3) is 5.91 Å². The van der Waals surface area contributed by atoms with Crippen LogP contribution in [0.25, 0.3) is 17.1 Å². The van der Waals surface area contributed by atoms with Crippen LogP contribution in [0.3, 0.4) is 0 Å². The highest BCUT2D eigenvalue weighted by atomic mass is 35.5. The van der Waals surface area contributed by atoms with Crippen molar-refractivity contribution >= 4 is 29.5 Å². The normalized spacial score (nSPS) is 11.1. The number of aromatic nitrogens is 5. The first-order valence-corrected chi connectivity index (χ1v) is 9.95. The Kier molecular flexibility index (Phi) is 6.17. The minimum Gasteiger partial charge on any atom is -0.507 e. The van der Waals surface area contributed by atoms with E-state index in [4.69, 9.17) is 22.1 Å². The summed E-state index contributed by atoms with van der Waals surface area (Å²) in [6.45, 7) is 2.38. The topological polar surface area (TPSA) is 167 Å². The van der Waals surface area contributed by atoms with Crippen LogP contribution in [0, 0.1) is 0 Å². The van der Waals surface area contributed by atoms with E-state index in [-0.39, 0.29) is 28.8 Å². The molecule has 0 saturated carbocycles. The van der Waals surface area contributed by atoms with Gasteiger partial charge in [-0.1, -0.05) is 16.8 Å². The Labute approximate surface area is 191 Å². The summed E-state index contributed by atoms with van der Waals surface area (Å²) in [7, 11) is 0. The third-order valence-electron chi connectivity index (χ3n) is 4.38. The van der Waals surface area contributed by atoms with Gasteiger partial charge in [0.15, 0.2) is 5.69 Å². The zero-order valence-electron chi connectivity index (χ0n) is 17.1. The summed E-state index contributed by atoms with van der Waals surface area (Å²) in [5, 5.41) is 29.4. The van der Waals surface area contributed by atoms with Gasteiger partial charge in [0.1, 0.15) is 17.2 Å². The molecule has 12 nitrogen and oxygen atoms in total. The molecule has 1 amide bonds. The molecule has 0 aliphatic carbocycles. The van der Waals surface area contributed by atoms with Gasteiger partial charge < -0.3 is 15.6 Å². The number of hydrogen-bond donors (Lipinski definition) is 3. The van der Waals surface area contributed by atoms with Gasteiger partial charge >= 0.3 is 0 Å². The molecule has 0 aliphatic heterocycles. The van der Waals surface area contributed by atoms with Crippen molar-refractivity contribution in [2.45, 2.75) is 6.92 Å². The van der Waals surface area contributed by atoms with Gasteiger partial charge in [-0.2, -0.15) is 9.78 Å². The highest BCUT2D eigenvalue weighted by molar-refractivity contribution is 6.30. The van der Waals surface area contributed by atoms with Crippen LogP contribution in [-0.2, 0) is 0 Å². The van der Waals surface area contributed by atoms with E-state index >= 15 is 0 Å². The molecule has 4 aromatic rings. The number of nitrogens with zero attached hydrogens (tertiary/aromatic N) is 6. The quantitative estimate of drug-likeness (QED) is 0.272. The number of rotatable bonds is 7. The second-order valence-electron chi connectivity index (χ2n) is 6.53. The fraction of sp³-hybridized carbons (Fsp3) is 0.100. The Hall–Kier alpha value is -4.45. The molecule has 0 saturated heterocycles. The smallest absolute Gasteiger partial charge is 0.294 e. The summed E-state index contributed by atoms with van der Waals surface area (Å²) < 4.78 is 11.4. The number of phenolic OH excluding ortho intramolecular Hbond substituents is 1. The molecule has 13 heteroatoms. The number of phenols is 1. The van der Waals surface area contributed by atoms with Gasteiger partial charge in [0, 0.05) is 16.1 Å². The average molecular weight is 469 g/mol. The Morgan fingerprint density at radius 2 is 2.09 bits per heavy atom. The highest BCUT2D eigenvalue weighted by Crippen LogP contribution is 2.28. The molecule has 168 valence electrons. The summed E-state index contributed by atoms with van der Waals surface area (Å²) >= 11 is 5.92. The largest absolute Gasteiger partial charge is 0.507 e. The van der Waals surface area contributed by atoms with Crippen molar-refractivity contribution in [3.63, 3.8) is 0 Å². The standard InChI is InChI=1S/C20H17ClN8O4/c1-2-32-14-6-3-11(4-7-14)17-16(24-28-29(17)19-18(22)26-33-27-19)20(31)25-23-10-12-9-13(21)5-8-15(12)30/h3-10,30H,2H2,1H3,(H2,22,26)(H,25,31). The molecule has 4 rings (SSSR count). The lowest BCUT2D eigenvalue weighted by Gasteiger charge is -2.07. The van der Waals surface area contributed by atoms with Crippen molar-refractivity contribution < 1.29 is 19.3 Å². The van der Waals surface area contributed by atoms with E-state index in [1.54, 1.807) is 24.3 Å². The van der Waals surface area contributed by atoms with E-state index in [9.17, 15) is 9.90 Å². The third kappa shape index (κ3) is 4.60. The lowest BCUT2D eigenvalue weighted by molar-refractivity contribution is 0.0950. The van der Waals surface area contributed by atoms with E-state index in [0.717, 1.165) is 0 Å². The van der Waals surface area contributed by atoms with Crippen molar-refractivity contribution in [2.24, 2.45) is 5.10 Å². The molecule has 0 aliphatic rings. The lowest BCUT2D eigenvalue weighted by Crippen LogP contribution is -2.19. The molecule has 2 heterocycles. The highest BCUT2D eigenvalue weighted by Gasteiger charge is 2.25. The number of carbonyl (C=O) groups excluding carboxylic acids is 1. The minimum absolute atomic E-state index is 0.0338. The van der Waals surface area contributed by atoms with E-state index in [1.165, 1.54) is 29.1 Å². The van der Waals surface area contributed by atoms with Crippen molar-refractivity contribution in [2.75, 3.05) is 12.3 Å². The molecule has 0 fully saturated rings. The summed E-state index contributed by atoms with van der Waals surface area (Å²) in [4.78, 5) is 12.9. The Morgan fingerprint density at radius 3 is 2.79 bits per heavy atom. The number of nitrogens with two attached hydrogens (primary N) is 1. The molecular formula is C20H17ClN8O4. The Balaban J connectivity index is 1.68. The molecule has 0 unspecified atom stereocenters. The Bertz CT molecular complexity index is 1320. The lowest BCUT2D eigenvalue weighted by atomic mass is 10.1. The molecule has 0 spiro atoms. The molecule has 4 N–H and O–H groups in total.